The Labute approximate surface area is 127 Å². The first-order valence-corrected chi connectivity index (χ1v) is 6.48. The molecule has 8 heteroatoms. The van der Waals surface area contributed by atoms with Crippen LogP contribution in [0.4, 0.5) is 21.5 Å². The van der Waals surface area contributed by atoms with Crippen LogP contribution in [-0.4, -0.2) is 10.8 Å². The molecule has 2 aromatic carbocycles. The Hall–Kier alpha value is -2.48. The van der Waals surface area contributed by atoms with Gasteiger partial charge in [0.05, 0.1) is 10.6 Å². The fourth-order valence-corrected chi connectivity index (χ4v) is 2.00. The highest BCUT2D eigenvalue weighted by atomic mass is 79.9. The van der Waals surface area contributed by atoms with Gasteiger partial charge in [0.25, 0.3) is 11.6 Å². The standard InChI is InChI=1S/C13H9BrFN3O3/c14-9-3-2-8(15)6-11(9)17-13(19)7-1-4-12(18(20)21)10(16)5-7/h1-6H,16H2,(H,17,19). The minimum atomic E-state index is -0.639. The van der Waals surface area contributed by atoms with Gasteiger partial charge in [-0.25, -0.2) is 4.39 Å². The smallest absolute Gasteiger partial charge is 0.292 e. The second kappa shape index (κ2) is 5.88. The molecule has 21 heavy (non-hydrogen) atoms. The van der Waals surface area contributed by atoms with Crippen molar-refractivity contribution in [3.63, 3.8) is 0 Å². The number of halogens is 2. The minimum absolute atomic E-state index is 0.119. The number of amides is 1. The molecule has 0 spiro atoms. The number of nitrogens with one attached hydrogen (secondary N) is 1. The van der Waals surface area contributed by atoms with Crippen LogP contribution in [0.15, 0.2) is 40.9 Å². The SMILES string of the molecule is Nc1cc(C(=O)Nc2cc(F)ccc2Br)ccc1[N+](=O)[O-]. The Morgan fingerprint density at radius 3 is 2.62 bits per heavy atom. The zero-order valence-corrected chi connectivity index (χ0v) is 12.1. The maximum absolute atomic E-state index is 13.1. The molecule has 0 bridgehead atoms. The average molecular weight is 354 g/mol. The van der Waals surface area contributed by atoms with Gasteiger partial charge >= 0.3 is 0 Å². The lowest BCUT2D eigenvalue weighted by atomic mass is 10.1. The van der Waals surface area contributed by atoms with Crippen LogP contribution in [0, 0.1) is 15.9 Å². The van der Waals surface area contributed by atoms with E-state index in [1.165, 1.54) is 24.3 Å². The van der Waals surface area contributed by atoms with Gasteiger partial charge in [0.1, 0.15) is 11.5 Å². The normalized spacial score (nSPS) is 10.2. The summed E-state index contributed by atoms with van der Waals surface area (Å²) in [5.74, 6) is -1.06. The molecular formula is C13H9BrFN3O3. The number of hydrogen-bond donors (Lipinski definition) is 2. The van der Waals surface area contributed by atoms with Crippen LogP contribution in [0.1, 0.15) is 10.4 Å². The van der Waals surface area contributed by atoms with E-state index in [0.717, 1.165) is 12.1 Å². The van der Waals surface area contributed by atoms with Crippen LogP contribution in [-0.2, 0) is 0 Å². The molecular weight excluding hydrogens is 345 g/mol. The first-order chi connectivity index (χ1) is 9.88. The molecule has 0 atom stereocenters. The van der Waals surface area contributed by atoms with Crippen molar-refractivity contribution in [2.24, 2.45) is 0 Å². The van der Waals surface area contributed by atoms with Gasteiger partial charge in [-0.05, 0) is 46.3 Å². The Morgan fingerprint density at radius 2 is 2.00 bits per heavy atom. The number of benzene rings is 2. The molecule has 3 N–H and O–H groups in total. The van der Waals surface area contributed by atoms with E-state index in [1.54, 1.807) is 0 Å². The van der Waals surface area contributed by atoms with Crippen molar-refractivity contribution >= 4 is 38.9 Å². The lowest BCUT2D eigenvalue weighted by Crippen LogP contribution is -2.13. The summed E-state index contributed by atoms with van der Waals surface area (Å²) in [5, 5.41) is 13.1. The molecule has 0 unspecified atom stereocenters. The first-order valence-electron chi connectivity index (χ1n) is 5.69. The molecule has 2 rings (SSSR count). The van der Waals surface area contributed by atoms with Gasteiger partial charge in [-0.15, -0.1) is 0 Å². The number of nitrogen functional groups attached to an aromatic ring is 1. The first kappa shape index (κ1) is 14.9. The molecule has 0 fully saturated rings. The van der Waals surface area contributed by atoms with Crippen molar-refractivity contribution in [1.82, 2.24) is 0 Å². The van der Waals surface area contributed by atoms with Crippen LogP contribution in [0.25, 0.3) is 0 Å². The van der Waals surface area contributed by atoms with Gasteiger partial charge in [0.2, 0.25) is 0 Å². The van der Waals surface area contributed by atoms with E-state index >= 15 is 0 Å². The summed E-state index contributed by atoms with van der Waals surface area (Å²) < 4.78 is 13.6. The van der Waals surface area contributed by atoms with Crippen LogP contribution >= 0.6 is 15.9 Å². The molecule has 108 valence electrons. The van der Waals surface area contributed by atoms with E-state index in [2.05, 4.69) is 21.2 Å². The van der Waals surface area contributed by atoms with E-state index in [-0.39, 0.29) is 22.6 Å². The van der Waals surface area contributed by atoms with Crippen LogP contribution in [0.5, 0.6) is 0 Å². The number of hydrogen-bond acceptors (Lipinski definition) is 4. The molecule has 0 heterocycles. The quantitative estimate of drug-likeness (QED) is 0.502. The van der Waals surface area contributed by atoms with E-state index in [4.69, 9.17) is 5.73 Å². The summed E-state index contributed by atoms with van der Waals surface area (Å²) >= 11 is 3.18. The summed E-state index contributed by atoms with van der Waals surface area (Å²) in [5.41, 5.74) is 5.50. The van der Waals surface area contributed by atoms with Gasteiger partial charge in [-0.1, -0.05) is 0 Å². The molecule has 0 aliphatic heterocycles. The van der Waals surface area contributed by atoms with Crippen LogP contribution in [0.2, 0.25) is 0 Å². The summed E-state index contributed by atoms with van der Waals surface area (Å²) in [4.78, 5) is 22.0. The Morgan fingerprint density at radius 1 is 1.29 bits per heavy atom. The number of nitro benzene ring substituents is 1. The Bertz CT molecular complexity index is 737. The largest absolute Gasteiger partial charge is 0.393 e. The monoisotopic (exact) mass is 353 g/mol. The third-order valence-corrected chi connectivity index (χ3v) is 3.35. The van der Waals surface area contributed by atoms with E-state index in [9.17, 15) is 19.3 Å². The van der Waals surface area contributed by atoms with Gasteiger partial charge in [0.15, 0.2) is 0 Å². The average Bonchev–Trinajstić information content (AvgIpc) is 2.42. The van der Waals surface area contributed by atoms with E-state index < -0.39 is 16.6 Å². The van der Waals surface area contributed by atoms with Crippen molar-refractivity contribution in [3.8, 4) is 0 Å². The van der Waals surface area contributed by atoms with E-state index in [0.29, 0.717) is 4.47 Å². The number of anilines is 2. The highest BCUT2D eigenvalue weighted by molar-refractivity contribution is 9.10. The third kappa shape index (κ3) is 3.34. The van der Waals surface area contributed by atoms with Crippen molar-refractivity contribution in [2.45, 2.75) is 0 Å². The molecule has 1 amide bonds. The fourth-order valence-electron chi connectivity index (χ4n) is 1.65. The Balaban J connectivity index is 2.26. The number of nitrogens with zero attached hydrogens (tertiary/aromatic N) is 1. The van der Waals surface area contributed by atoms with Crippen LogP contribution < -0.4 is 11.1 Å². The van der Waals surface area contributed by atoms with Crippen molar-refractivity contribution < 1.29 is 14.1 Å². The number of carbonyl (C=O) groups excluding carboxylic acids is 1. The highest BCUT2D eigenvalue weighted by Gasteiger charge is 2.15. The van der Waals surface area contributed by atoms with Gasteiger partial charge < -0.3 is 11.1 Å². The molecule has 0 radical (unpaired) electrons. The molecule has 2 aromatic rings. The third-order valence-electron chi connectivity index (χ3n) is 2.66. The lowest BCUT2D eigenvalue weighted by molar-refractivity contribution is -0.383. The molecule has 0 aromatic heterocycles. The van der Waals surface area contributed by atoms with Crippen molar-refractivity contribution in [2.75, 3.05) is 11.1 Å². The van der Waals surface area contributed by atoms with Crippen molar-refractivity contribution in [1.29, 1.82) is 0 Å². The van der Waals surface area contributed by atoms with Gasteiger partial charge in [-0.2, -0.15) is 0 Å². The van der Waals surface area contributed by atoms with E-state index in [1.807, 2.05) is 0 Å². The minimum Gasteiger partial charge on any atom is -0.393 e. The zero-order valence-electron chi connectivity index (χ0n) is 10.5. The maximum atomic E-state index is 13.1. The van der Waals surface area contributed by atoms with Crippen LogP contribution in [0.3, 0.4) is 0 Å². The summed E-state index contributed by atoms with van der Waals surface area (Å²) in [7, 11) is 0. The highest BCUT2D eigenvalue weighted by Crippen LogP contribution is 2.25. The van der Waals surface area contributed by atoms with Gasteiger partial charge in [-0.3, -0.25) is 14.9 Å². The summed E-state index contributed by atoms with van der Waals surface area (Å²) in [6.45, 7) is 0. The molecule has 0 saturated carbocycles. The molecule has 0 aliphatic rings. The fraction of sp³-hybridized carbons (Fsp3) is 0. The van der Waals surface area contributed by atoms with Crippen molar-refractivity contribution in [3.05, 3.63) is 62.4 Å². The predicted molar refractivity (Wildman–Crippen MR) is 79.6 cm³/mol. The lowest BCUT2D eigenvalue weighted by Gasteiger charge is -2.08. The molecule has 0 aliphatic carbocycles. The summed E-state index contributed by atoms with van der Waals surface area (Å²) in [6.07, 6.45) is 0. The number of rotatable bonds is 3. The maximum Gasteiger partial charge on any atom is 0.292 e. The molecule has 6 nitrogen and oxygen atoms in total. The summed E-state index contributed by atoms with van der Waals surface area (Å²) in [6, 6.07) is 7.46. The Kier molecular flexibility index (Phi) is 4.18. The second-order valence-corrected chi connectivity index (χ2v) is 4.96. The number of nitrogens with two attached hydrogens (primary N) is 1. The predicted octanol–water partition coefficient (Wildman–Crippen LogP) is 3.33. The zero-order chi connectivity index (χ0) is 15.6. The number of carbonyl (C=O) groups is 1. The molecule has 0 saturated heterocycles. The number of nitro groups is 1. The van der Waals surface area contributed by atoms with Gasteiger partial charge in [0, 0.05) is 16.1 Å². The second-order valence-electron chi connectivity index (χ2n) is 4.11. The topological polar surface area (TPSA) is 98.3 Å².